The molecule has 4 aliphatic rings. The van der Waals surface area contributed by atoms with Gasteiger partial charge in [-0.3, -0.25) is 19.4 Å². The van der Waals surface area contributed by atoms with E-state index >= 15 is 0 Å². The number of halogens is 1. The largest absolute Gasteiger partial charge is 0.492 e. The van der Waals surface area contributed by atoms with Gasteiger partial charge in [-0.25, -0.2) is 4.98 Å². The Bertz CT molecular complexity index is 2590. The van der Waals surface area contributed by atoms with Gasteiger partial charge in [0.15, 0.2) is 44.2 Å². The van der Waals surface area contributed by atoms with Crippen LogP contribution in [0.15, 0.2) is 89.9 Å². The van der Waals surface area contributed by atoms with E-state index in [1.807, 2.05) is 55.5 Å². The summed E-state index contributed by atoms with van der Waals surface area (Å²) in [4.78, 5) is 37.9. The van der Waals surface area contributed by atoms with Crippen LogP contribution < -0.4 is 50.5 Å². The molecule has 0 bridgehead atoms. The summed E-state index contributed by atoms with van der Waals surface area (Å²) in [5, 5.41) is 7.94. The first kappa shape index (κ1) is 59.6. The number of thiazole rings is 1. The number of hydrogen-bond donors (Lipinski definition) is 4. The molecule has 6 N–H and O–H groups in total. The molecule has 74 heavy (non-hydrogen) atoms. The van der Waals surface area contributed by atoms with Crippen molar-refractivity contribution in [3.63, 3.8) is 0 Å². The summed E-state index contributed by atoms with van der Waals surface area (Å²) in [5.74, 6) is 5.10. The zero-order valence-electron chi connectivity index (χ0n) is 40.6. The van der Waals surface area contributed by atoms with Gasteiger partial charge in [-0.05, 0) is 103 Å². The van der Waals surface area contributed by atoms with Crippen molar-refractivity contribution in [1.82, 2.24) is 14.8 Å². The third-order valence-electron chi connectivity index (χ3n) is 10.9. The van der Waals surface area contributed by atoms with Crippen LogP contribution in [0.5, 0.6) is 34.5 Å². The number of alkyl halides is 1. The Morgan fingerprint density at radius 3 is 1.74 bits per heavy atom. The number of nitrogens with two attached hydrogens (primary N) is 2. The van der Waals surface area contributed by atoms with E-state index in [0.717, 1.165) is 94.3 Å². The predicted molar refractivity (Wildman–Crippen MR) is 308 cm³/mol. The minimum Gasteiger partial charge on any atom is -0.492 e. The lowest BCUT2D eigenvalue weighted by Gasteiger charge is -2.26. The van der Waals surface area contributed by atoms with Gasteiger partial charge in [0.05, 0.1) is 31.8 Å². The number of fused-ring (bicyclic) bond motifs is 2. The maximum absolute atomic E-state index is 13.0. The number of carbonyl (C=O) groups excluding carboxylic acids is 2. The van der Waals surface area contributed by atoms with Crippen molar-refractivity contribution < 1.29 is 47.5 Å². The van der Waals surface area contributed by atoms with Gasteiger partial charge in [0.1, 0.15) is 61.8 Å². The first-order valence-corrected chi connectivity index (χ1v) is 26.8. The zero-order valence-corrected chi connectivity index (χ0v) is 46.1. The zero-order chi connectivity index (χ0) is 50.5. The average Bonchev–Trinajstić information content (AvgIpc) is 3.78. The predicted octanol–water partition coefficient (Wildman–Crippen LogP) is 8.07. The number of nitrogens with one attached hydrogen (secondary N) is 2. The van der Waals surface area contributed by atoms with E-state index in [1.165, 1.54) is 23.1 Å². The standard InChI is InChI=1S/C24H26N4O5S.C16H24N4O2S2.C10H9BrO3.CH4.H3P/c25-23-22(21(29)16-1-6-19-20(15-16)33-14-13-32-19)34-24(27-23)26-17-2-4-18(5-3-17)31-12-9-28-7-10-30-11-8-28;1-2-24-15(17)19-16(23)18-13-3-5-14(6-4-13)22-12-9-20-7-10-21-11-8-20;11-6-8(12)7-1-2-9-10(5-7)14-4-3-13-9;;/h1-6,15H,7-14,25H2,(H,26,27);3-6H,2,7-12H2,1H3,(H3,17,18,19,23);1-2,5H,3-4,6H2;1H4;1H3. The smallest absolute Gasteiger partial charge is 0.206 e. The molecule has 4 aliphatic heterocycles. The Morgan fingerprint density at radius 1 is 0.743 bits per heavy atom. The van der Waals surface area contributed by atoms with Crippen LogP contribution in [0.4, 0.5) is 22.3 Å². The minimum atomic E-state index is -0.205. The van der Waals surface area contributed by atoms with Gasteiger partial charge in [-0.2, -0.15) is 14.9 Å². The van der Waals surface area contributed by atoms with E-state index in [2.05, 4.69) is 46.3 Å². The number of morpholine rings is 2. The molecular formula is C51H66BrN8O10PS3. The normalized spacial score (nSPS) is 15.0. The van der Waals surface area contributed by atoms with E-state index < -0.39 is 0 Å². The number of ether oxygens (including phenoxy) is 8. The molecule has 5 aromatic rings. The van der Waals surface area contributed by atoms with Gasteiger partial charge in [-0.15, -0.1) is 0 Å². The molecule has 1 unspecified atom stereocenters. The minimum absolute atomic E-state index is 0. The van der Waals surface area contributed by atoms with Gasteiger partial charge in [0, 0.05) is 61.8 Å². The van der Waals surface area contributed by atoms with E-state index in [4.69, 9.17) is 61.6 Å². The lowest BCUT2D eigenvalue weighted by Crippen LogP contribution is -2.38. The molecule has 0 aliphatic carbocycles. The highest BCUT2D eigenvalue weighted by Crippen LogP contribution is 2.35. The van der Waals surface area contributed by atoms with Crippen molar-refractivity contribution in [3.8, 4) is 34.5 Å². The Balaban J connectivity index is 0.000000221. The van der Waals surface area contributed by atoms with Crippen molar-refractivity contribution in [1.29, 1.82) is 0 Å². The fraction of sp³-hybridized carbons (Fsp3) is 0.392. The SMILES string of the molecule is C.CCSC(N)=NC(=S)Nc1ccc(OCCN2CCOCC2)cc1.Nc1nc(Nc2ccc(OCCN3CCOCC3)cc2)sc1C(=O)c1ccc2c(c1)OCCO2.O=C(CBr)c1ccc2c(c1)OCCO2.P. The second-order valence-electron chi connectivity index (χ2n) is 15.9. The number of thioether (sulfide) groups is 1. The van der Waals surface area contributed by atoms with Crippen molar-refractivity contribution in [2.45, 2.75) is 14.4 Å². The molecule has 0 radical (unpaired) electrons. The molecule has 5 heterocycles. The van der Waals surface area contributed by atoms with Crippen LogP contribution in [0.2, 0.25) is 0 Å². The number of Topliss-reactive ketones (excluding diaryl/α,β-unsaturated/α-hetero) is 1. The second kappa shape index (κ2) is 31.6. The number of carbonyl (C=O) groups is 2. The highest BCUT2D eigenvalue weighted by molar-refractivity contribution is 9.09. The Morgan fingerprint density at radius 2 is 1.23 bits per heavy atom. The molecule has 1 aromatic heterocycles. The third-order valence-corrected chi connectivity index (χ3v) is 13.3. The van der Waals surface area contributed by atoms with E-state index in [0.29, 0.717) is 99.4 Å². The second-order valence-corrected chi connectivity index (χ2v) is 19.2. The number of nitrogens with zero attached hydrogens (tertiary/aromatic N) is 4. The molecule has 2 fully saturated rings. The summed E-state index contributed by atoms with van der Waals surface area (Å²) in [7, 11) is 0. The number of hydrogen-bond acceptors (Lipinski definition) is 18. The molecule has 4 aromatic carbocycles. The maximum atomic E-state index is 13.0. The van der Waals surface area contributed by atoms with Gasteiger partial charge in [-0.1, -0.05) is 53.4 Å². The first-order valence-electron chi connectivity index (χ1n) is 23.4. The Kier molecular flexibility index (Phi) is 25.4. The molecule has 0 spiro atoms. The van der Waals surface area contributed by atoms with Crippen molar-refractivity contribution in [2.75, 3.05) is 133 Å². The summed E-state index contributed by atoms with van der Waals surface area (Å²) in [6.07, 6.45) is 0. The molecule has 23 heteroatoms. The van der Waals surface area contributed by atoms with Gasteiger partial charge in [0.25, 0.3) is 0 Å². The molecular weight excluding hydrogens is 1090 g/mol. The number of thiocarbonyl (C=S) groups is 1. The Labute approximate surface area is 458 Å². The number of rotatable bonds is 16. The Hall–Kier alpha value is -5.29. The van der Waals surface area contributed by atoms with E-state index in [1.54, 1.807) is 36.4 Å². The highest BCUT2D eigenvalue weighted by atomic mass is 79.9. The summed E-state index contributed by atoms with van der Waals surface area (Å²) < 4.78 is 44.1. The molecule has 2 saturated heterocycles. The molecule has 1 atom stereocenters. The van der Waals surface area contributed by atoms with Crippen LogP contribution in [0, 0.1) is 0 Å². The fourth-order valence-electron chi connectivity index (χ4n) is 7.22. The van der Waals surface area contributed by atoms with Crippen molar-refractivity contribution >= 4 is 105 Å². The molecule has 9 rings (SSSR count). The van der Waals surface area contributed by atoms with Crippen LogP contribution in [0.3, 0.4) is 0 Å². The number of benzene rings is 4. The number of anilines is 4. The van der Waals surface area contributed by atoms with Crippen molar-refractivity contribution in [2.24, 2.45) is 10.7 Å². The molecule has 0 saturated carbocycles. The van der Waals surface area contributed by atoms with E-state index in [-0.39, 0.29) is 34.7 Å². The number of amidine groups is 1. The monoisotopic (exact) mass is 1160 g/mol. The molecule has 0 amide bonds. The quantitative estimate of drug-likeness (QED) is 0.0183. The van der Waals surface area contributed by atoms with Crippen molar-refractivity contribution in [3.05, 3.63) is 101 Å². The lowest BCUT2D eigenvalue weighted by molar-refractivity contribution is 0.0321. The average molecular weight is 1160 g/mol. The first-order chi connectivity index (χ1) is 35.1. The topological polar surface area (TPSA) is 216 Å². The molecule has 18 nitrogen and oxygen atoms in total. The van der Waals surface area contributed by atoms with Crippen LogP contribution in [0.1, 0.15) is 39.9 Å². The number of nitrogen functional groups attached to an aromatic ring is 1. The lowest BCUT2D eigenvalue weighted by atomic mass is 10.1. The van der Waals surface area contributed by atoms with Gasteiger partial charge < -0.3 is 60.0 Å². The van der Waals surface area contributed by atoms with Gasteiger partial charge in [0.2, 0.25) is 5.78 Å². The maximum Gasteiger partial charge on any atom is 0.206 e. The summed E-state index contributed by atoms with van der Waals surface area (Å²) in [6, 6.07) is 25.6. The number of ketones is 2. The summed E-state index contributed by atoms with van der Waals surface area (Å²) in [6.45, 7) is 14.2. The summed E-state index contributed by atoms with van der Waals surface area (Å²) in [5.41, 5.74) is 14.6. The van der Waals surface area contributed by atoms with Crippen LogP contribution in [0.25, 0.3) is 0 Å². The van der Waals surface area contributed by atoms with E-state index in [9.17, 15) is 9.59 Å². The van der Waals surface area contributed by atoms with Crippen LogP contribution in [-0.2, 0) is 9.47 Å². The molecule has 400 valence electrons. The third kappa shape index (κ3) is 18.8. The van der Waals surface area contributed by atoms with Gasteiger partial charge >= 0.3 is 0 Å². The number of aliphatic imine (C=N–C) groups is 1. The fourth-order valence-corrected chi connectivity index (χ4v) is 9.13. The highest BCUT2D eigenvalue weighted by Gasteiger charge is 2.22. The summed E-state index contributed by atoms with van der Waals surface area (Å²) >= 11 is 11.0. The number of aromatic nitrogens is 1. The van der Waals surface area contributed by atoms with Crippen LogP contribution >= 0.6 is 61.1 Å². The van der Waals surface area contributed by atoms with Crippen LogP contribution in [-0.4, -0.2) is 153 Å².